The average molecular weight is 228 g/mol. The van der Waals surface area contributed by atoms with Crippen molar-refractivity contribution in [3.63, 3.8) is 0 Å². The number of hydrogen-bond donors (Lipinski definition) is 3. The zero-order valence-corrected chi connectivity index (χ0v) is 9.05. The van der Waals surface area contributed by atoms with Gasteiger partial charge in [-0.1, -0.05) is 18.2 Å². The van der Waals surface area contributed by atoms with Crippen molar-refractivity contribution < 1.29 is 9.90 Å². The Balaban J connectivity index is 2.20. The fourth-order valence-corrected chi connectivity index (χ4v) is 1.48. The second-order valence-electron chi connectivity index (χ2n) is 3.60. The van der Waals surface area contributed by atoms with Crippen LogP contribution >= 0.6 is 0 Å². The van der Waals surface area contributed by atoms with Gasteiger partial charge in [0.05, 0.1) is 5.56 Å². The first-order chi connectivity index (χ1) is 8.16. The van der Waals surface area contributed by atoms with Crippen molar-refractivity contribution in [3.8, 4) is 5.75 Å². The van der Waals surface area contributed by atoms with E-state index in [4.69, 9.17) is 5.73 Å². The summed E-state index contributed by atoms with van der Waals surface area (Å²) in [6.45, 7) is 0. The van der Waals surface area contributed by atoms with Crippen molar-refractivity contribution in [3.05, 3.63) is 54.1 Å². The van der Waals surface area contributed by atoms with Gasteiger partial charge in [-0.3, -0.25) is 4.79 Å². The minimum atomic E-state index is -0.367. The largest absolute Gasteiger partial charge is 0.507 e. The normalized spacial score (nSPS) is 9.88. The van der Waals surface area contributed by atoms with Crippen LogP contribution in [-0.2, 0) is 0 Å². The highest BCUT2D eigenvalue weighted by atomic mass is 16.3. The number of nitrogens with one attached hydrogen (secondary N) is 1. The second-order valence-corrected chi connectivity index (χ2v) is 3.60. The molecular formula is C13H12N2O2. The lowest BCUT2D eigenvalue weighted by molar-refractivity contribution is 0.102. The van der Waals surface area contributed by atoms with Gasteiger partial charge in [-0.15, -0.1) is 0 Å². The van der Waals surface area contributed by atoms with Crippen LogP contribution in [-0.4, -0.2) is 11.0 Å². The van der Waals surface area contributed by atoms with E-state index in [0.717, 1.165) is 0 Å². The average Bonchev–Trinajstić information content (AvgIpc) is 2.29. The van der Waals surface area contributed by atoms with Gasteiger partial charge in [-0.25, -0.2) is 0 Å². The second kappa shape index (κ2) is 4.57. The van der Waals surface area contributed by atoms with Gasteiger partial charge in [0.2, 0.25) is 0 Å². The number of nitrogen functional groups attached to an aromatic ring is 1. The van der Waals surface area contributed by atoms with Gasteiger partial charge < -0.3 is 16.2 Å². The lowest BCUT2D eigenvalue weighted by atomic mass is 10.2. The summed E-state index contributed by atoms with van der Waals surface area (Å²) in [7, 11) is 0. The summed E-state index contributed by atoms with van der Waals surface area (Å²) in [4.78, 5) is 11.8. The summed E-state index contributed by atoms with van der Waals surface area (Å²) >= 11 is 0. The predicted molar refractivity (Wildman–Crippen MR) is 66.9 cm³/mol. The Morgan fingerprint density at radius 1 is 1.12 bits per heavy atom. The first-order valence-corrected chi connectivity index (χ1v) is 5.12. The molecule has 0 bridgehead atoms. The molecule has 86 valence electrons. The van der Waals surface area contributed by atoms with Crippen LogP contribution in [0.15, 0.2) is 48.5 Å². The Bertz CT molecular complexity index is 553. The molecule has 2 aromatic rings. The van der Waals surface area contributed by atoms with Crippen LogP contribution in [0.1, 0.15) is 10.4 Å². The Morgan fingerprint density at radius 2 is 1.88 bits per heavy atom. The molecule has 0 saturated carbocycles. The number of rotatable bonds is 2. The smallest absolute Gasteiger partial charge is 0.259 e. The number of carbonyl (C=O) groups is 1. The molecule has 0 aliphatic heterocycles. The van der Waals surface area contributed by atoms with E-state index in [1.807, 2.05) is 0 Å². The molecule has 0 radical (unpaired) electrons. The number of benzene rings is 2. The van der Waals surface area contributed by atoms with E-state index in [0.29, 0.717) is 11.4 Å². The summed E-state index contributed by atoms with van der Waals surface area (Å²) in [5.41, 5.74) is 7.00. The molecule has 1 amide bonds. The van der Waals surface area contributed by atoms with E-state index in [1.165, 1.54) is 6.07 Å². The third-order valence-electron chi connectivity index (χ3n) is 2.29. The monoisotopic (exact) mass is 228 g/mol. The Labute approximate surface area is 98.7 Å². The summed E-state index contributed by atoms with van der Waals surface area (Å²) in [6, 6.07) is 13.2. The highest BCUT2D eigenvalue weighted by Gasteiger charge is 2.09. The molecule has 2 rings (SSSR count). The van der Waals surface area contributed by atoms with E-state index in [9.17, 15) is 9.90 Å². The fourth-order valence-electron chi connectivity index (χ4n) is 1.48. The van der Waals surface area contributed by atoms with Gasteiger partial charge in [0, 0.05) is 11.4 Å². The molecule has 0 aliphatic rings. The van der Waals surface area contributed by atoms with Gasteiger partial charge in [-0.2, -0.15) is 0 Å². The molecule has 0 atom stereocenters. The lowest BCUT2D eigenvalue weighted by Gasteiger charge is -2.07. The van der Waals surface area contributed by atoms with Crippen LogP contribution in [0.5, 0.6) is 5.75 Å². The van der Waals surface area contributed by atoms with Crippen LogP contribution in [0.3, 0.4) is 0 Å². The molecule has 4 nitrogen and oxygen atoms in total. The van der Waals surface area contributed by atoms with Gasteiger partial charge >= 0.3 is 0 Å². The zero-order valence-electron chi connectivity index (χ0n) is 9.05. The van der Waals surface area contributed by atoms with Crippen LogP contribution in [0.25, 0.3) is 0 Å². The third-order valence-corrected chi connectivity index (χ3v) is 2.29. The molecule has 0 aliphatic carbocycles. The van der Waals surface area contributed by atoms with Gasteiger partial charge in [-0.05, 0) is 30.3 Å². The molecule has 0 saturated heterocycles. The van der Waals surface area contributed by atoms with Crippen LogP contribution < -0.4 is 11.1 Å². The Morgan fingerprint density at radius 3 is 2.59 bits per heavy atom. The quantitative estimate of drug-likeness (QED) is 0.690. The van der Waals surface area contributed by atoms with Crippen molar-refractivity contribution in [1.82, 2.24) is 0 Å². The van der Waals surface area contributed by atoms with Crippen molar-refractivity contribution in [2.75, 3.05) is 11.1 Å². The maximum Gasteiger partial charge on any atom is 0.259 e. The number of hydrogen-bond acceptors (Lipinski definition) is 3. The molecule has 4 N–H and O–H groups in total. The highest BCUT2D eigenvalue weighted by molar-refractivity contribution is 6.06. The highest BCUT2D eigenvalue weighted by Crippen LogP contribution is 2.18. The van der Waals surface area contributed by atoms with Crippen molar-refractivity contribution in [2.45, 2.75) is 0 Å². The standard InChI is InChI=1S/C13H12N2O2/c14-9-4-3-5-10(8-9)15-13(17)11-6-1-2-7-12(11)16/h1-8,16H,14H2,(H,15,17). The first kappa shape index (κ1) is 11.0. The molecule has 0 spiro atoms. The molecule has 0 unspecified atom stereocenters. The van der Waals surface area contributed by atoms with E-state index in [2.05, 4.69) is 5.32 Å². The van der Waals surface area contributed by atoms with Gasteiger partial charge in [0.1, 0.15) is 5.75 Å². The summed E-state index contributed by atoms with van der Waals surface area (Å²) in [5.74, 6) is -0.414. The number of para-hydroxylation sites is 1. The molecular weight excluding hydrogens is 216 g/mol. The number of carbonyl (C=O) groups excluding carboxylic acids is 1. The fraction of sp³-hybridized carbons (Fsp3) is 0. The van der Waals surface area contributed by atoms with Gasteiger partial charge in [0.15, 0.2) is 0 Å². The Kier molecular flexibility index (Phi) is 2.96. The van der Waals surface area contributed by atoms with E-state index in [-0.39, 0.29) is 17.2 Å². The molecule has 0 heterocycles. The number of aromatic hydroxyl groups is 1. The van der Waals surface area contributed by atoms with Crippen LogP contribution in [0.2, 0.25) is 0 Å². The maximum atomic E-state index is 11.8. The predicted octanol–water partition coefficient (Wildman–Crippen LogP) is 2.23. The third kappa shape index (κ3) is 2.55. The molecule has 0 fully saturated rings. The minimum absolute atomic E-state index is 0.0473. The molecule has 4 heteroatoms. The molecule has 17 heavy (non-hydrogen) atoms. The molecule has 0 aromatic heterocycles. The zero-order chi connectivity index (χ0) is 12.3. The van der Waals surface area contributed by atoms with Crippen molar-refractivity contribution in [2.24, 2.45) is 0 Å². The minimum Gasteiger partial charge on any atom is -0.507 e. The summed E-state index contributed by atoms with van der Waals surface area (Å²) in [5, 5.41) is 12.2. The molecule has 2 aromatic carbocycles. The number of amides is 1. The van der Waals surface area contributed by atoms with Crippen molar-refractivity contribution in [1.29, 1.82) is 0 Å². The van der Waals surface area contributed by atoms with E-state index < -0.39 is 0 Å². The first-order valence-electron chi connectivity index (χ1n) is 5.12. The number of anilines is 2. The Hall–Kier alpha value is -2.49. The topological polar surface area (TPSA) is 75.3 Å². The SMILES string of the molecule is Nc1cccc(NC(=O)c2ccccc2O)c1. The summed E-state index contributed by atoms with van der Waals surface area (Å²) < 4.78 is 0. The van der Waals surface area contributed by atoms with Crippen LogP contribution in [0, 0.1) is 0 Å². The lowest BCUT2D eigenvalue weighted by Crippen LogP contribution is -2.12. The van der Waals surface area contributed by atoms with Gasteiger partial charge in [0.25, 0.3) is 5.91 Å². The van der Waals surface area contributed by atoms with Crippen LogP contribution in [0.4, 0.5) is 11.4 Å². The van der Waals surface area contributed by atoms with E-state index >= 15 is 0 Å². The van der Waals surface area contributed by atoms with E-state index in [1.54, 1.807) is 42.5 Å². The number of nitrogens with two attached hydrogens (primary N) is 1. The van der Waals surface area contributed by atoms with Crippen molar-refractivity contribution >= 4 is 17.3 Å². The summed E-state index contributed by atoms with van der Waals surface area (Å²) in [6.07, 6.45) is 0. The number of phenols is 1. The maximum absolute atomic E-state index is 11.8. The number of phenolic OH excluding ortho intramolecular Hbond substituents is 1.